The molecule has 0 aromatic heterocycles. The van der Waals surface area contributed by atoms with Crippen LogP contribution in [0.15, 0.2) is 4.99 Å². The van der Waals surface area contributed by atoms with Gasteiger partial charge in [0.15, 0.2) is 5.96 Å². The molecular formula is C17H33N7O5S3. The minimum Gasteiger partial charge on any atom is -0.480 e. The number of thiol groups is 2. The van der Waals surface area contributed by atoms with E-state index in [9.17, 15) is 24.3 Å². The van der Waals surface area contributed by atoms with Crippen LogP contribution in [-0.2, 0) is 19.2 Å². The minimum atomic E-state index is -1.18. The summed E-state index contributed by atoms with van der Waals surface area (Å²) in [6.45, 7) is 0.312. The van der Waals surface area contributed by atoms with E-state index in [1.165, 1.54) is 11.8 Å². The molecule has 0 saturated carbocycles. The summed E-state index contributed by atoms with van der Waals surface area (Å²) in [5, 5.41) is 16.6. The van der Waals surface area contributed by atoms with Crippen molar-refractivity contribution in [3.05, 3.63) is 0 Å². The average Bonchev–Trinajstić information content (AvgIpc) is 2.74. The highest BCUT2D eigenvalue weighted by Crippen LogP contribution is 2.03. The molecule has 0 heterocycles. The Morgan fingerprint density at radius 2 is 1.44 bits per heavy atom. The Bertz CT molecular complexity index is 664. The van der Waals surface area contributed by atoms with Gasteiger partial charge in [-0.15, -0.1) is 0 Å². The number of thioether (sulfide) groups is 1. The normalized spacial score (nSPS) is 14.4. The molecule has 4 atom stereocenters. The van der Waals surface area contributed by atoms with E-state index in [4.69, 9.17) is 17.2 Å². The van der Waals surface area contributed by atoms with Gasteiger partial charge in [-0.25, -0.2) is 4.79 Å². The standard InChI is InChI=1S/C17H33N7O5S3/c1-32-6-4-10(16(28)29)22-14(26)12(8-31)24-15(27)11(7-30)23-13(25)9(18)3-2-5-21-17(19)20/h9-12,30-31H,2-8,18H2,1H3,(H,22,26)(H,23,25)(H,24,27)(H,28,29)(H4,19,20,21). The number of hydrogen-bond donors (Lipinski definition) is 9. The predicted molar refractivity (Wildman–Crippen MR) is 132 cm³/mol. The molecule has 0 aromatic carbocycles. The number of hydrogen-bond acceptors (Lipinski definition) is 9. The maximum atomic E-state index is 12.5. The molecule has 184 valence electrons. The van der Waals surface area contributed by atoms with Gasteiger partial charge >= 0.3 is 5.97 Å². The number of nitrogens with zero attached hydrogens (tertiary/aromatic N) is 1. The molecule has 0 saturated heterocycles. The van der Waals surface area contributed by atoms with Gasteiger partial charge in [-0.2, -0.15) is 37.0 Å². The van der Waals surface area contributed by atoms with Crippen molar-refractivity contribution in [2.45, 2.75) is 43.4 Å². The minimum absolute atomic E-state index is 0.0509. The van der Waals surface area contributed by atoms with Gasteiger partial charge in [-0.05, 0) is 31.3 Å². The summed E-state index contributed by atoms with van der Waals surface area (Å²) in [4.78, 5) is 52.3. The molecule has 12 nitrogen and oxygen atoms in total. The van der Waals surface area contributed by atoms with E-state index in [1.54, 1.807) is 0 Å². The van der Waals surface area contributed by atoms with Crippen molar-refractivity contribution in [3.63, 3.8) is 0 Å². The van der Waals surface area contributed by atoms with Crippen molar-refractivity contribution in [1.29, 1.82) is 0 Å². The summed E-state index contributed by atoms with van der Waals surface area (Å²) in [5.41, 5.74) is 16.3. The van der Waals surface area contributed by atoms with Crippen molar-refractivity contribution < 1.29 is 24.3 Å². The zero-order valence-corrected chi connectivity index (χ0v) is 20.4. The Kier molecular flexibility index (Phi) is 15.8. The number of carboxylic acids is 1. The molecule has 0 spiro atoms. The number of rotatable bonds is 16. The molecule has 0 bridgehead atoms. The van der Waals surface area contributed by atoms with Gasteiger partial charge < -0.3 is 38.3 Å². The summed E-state index contributed by atoms with van der Waals surface area (Å²) >= 11 is 9.57. The van der Waals surface area contributed by atoms with Gasteiger partial charge in [-0.1, -0.05) is 0 Å². The molecule has 0 aromatic rings. The molecule has 0 radical (unpaired) electrons. The fourth-order valence-electron chi connectivity index (χ4n) is 2.36. The number of nitrogens with two attached hydrogens (primary N) is 3. The van der Waals surface area contributed by atoms with Crippen LogP contribution in [0.4, 0.5) is 0 Å². The van der Waals surface area contributed by atoms with Crippen molar-refractivity contribution in [2.75, 3.05) is 30.1 Å². The van der Waals surface area contributed by atoms with E-state index >= 15 is 0 Å². The van der Waals surface area contributed by atoms with Gasteiger partial charge in [0.25, 0.3) is 0 Å². The molecule has 10 N–H and O–H groups in total. The van der Waals surface area contributed by atoms with Crippen LogP contribution >= 0.6 is 37.0 Å². The van der Waals surface area contributed by atoms with Gasteiger partial charge in [0.2, 0.25) is 17.7 Å². The molecule has 0 aliphatic heterocycles. The van der Waals surface area contributed by atoms with Gasteiger partial charge in [0.1, 0.15) is 18.1 Å². The lowest BCUT2D eigenvalue weighted by Gasteiger charge is -2.23. The lowest BCUT2D eigenvalue weighted by atomic mass is 10.1. The largest absolute Gasteiger partial charge is 0.480 e. The van der Waals surface area contributed by atoms with Crippen LogP contribution in [0.5, 0.6) is 0 Å². The lowest BCUT2D eigenvalue weighted by Crippen LogP contribution is -2.58. The van der Waals surface area contributed by atoms with Crippen molar-refractivity contribution >= 4 is 66.7 Å². The number of carboxylic acid groups (broad SMARTS) is 1. The first-order chi connectivity index (χ1) is 15.1. The van der Waals surface area contributed by atoms with Crippen molar-refractivity contribution in [1.82, 2.24) is 16.0 Å². The van der Waals surface area contributed by atoms with Crippen LogP contribution in [0, 0.1) is 0 Å². The SMILES string of the molecule is CSCCC(NC(=O)C(CS)NC(=O)C(CS)NC(=O)C(N)CCCN=C(N)N)C(=O)O. The third kappa shape index (κ3) is 12.3. The van der Waals surface area contributed by atoms with Gasteiger partial charge in [0, 0.05) is 18.1 Å². The second kappa shape index (κ2) is 16.7. The van der Waals surface area contributed by atoms with E-state index in [0.717, 1.165) is 0 Å². The second-order valence-corrected chi connectivity index (χ2v) is 8.44. The maximum Gasteiger partial charge on any atom is 0.326 e. The Labute approximate surface area is 202 Å². The maximum absolute atomic E-state index is 12.5. The van der Waals surface area contributed by atoms with Crippen LogP contribution in [0.3, 0.4) is 0 Å². The third-order valence-electron chi connectivity index (χ3n) is 4.16. The average molecular weight is 512 g/mol. The van der Waals surface area contributed by atoms with Crippen LogP contribution in [0.25, 0.3) is 0 Å². The second-order valence-electron chi connectivity index (χ2n) is 6.72. The number of carbonyl (C=O) groups excluding carboxylic acids is 3. The van der Waals surface area contributed by atoms with E-state index in [2.05, 4.69) is 46.2 Å². The van der Waals surface area contributed by atoms with Crippen molar-refractivity contribution in [2.24, 2.45) is 22.2 Å². The molecule has 32 heavy (non-hydrogen) atoms. The molecule has 0 fully saturated rings. The topological polar surface area (TPSA) is 215 Å². The smallest absolute Gasteiger partial charge is 0.326 e. The molecule has 15 heteroatoms. The highest BCUT2D eigenvalue weighted by Gasteiger charge is 2.29. The summed E-state index contributed by atoms with van der Waals surface area (Å²) in [7, 11) is 0. The first-order valence-electron chi connectivity index (χ1n) is 9.72. The van der Waals surface area contributed by atoms with E-state index in [0.29, 0.717) is 18.7 Å². The van der Waals surface area contributed by atoms with Gasteiger partial charge in [0.05, 0.1) is 6.04 Å². The van der Waals surface area contributed by atoms with E-state index < -0.39 is 47.9 Å². The first-order valence-corrected chi connectivity index (χ1v) is 12.4. The number of guanidine groups is 1. The summed E-state index contributed by atoms with van der Waals surface area (Å²) in [5.74, 6) is -2.76. The molecule has 4 unspecified atom stereocenters. The number of aliphatic imine (C=N–C) groups is 1. The van der Waals surface area contributed by atoms with E-state index in [-0.39, 0.29) is 30.3 Å². The fraction of sp³-hybridized carbons (Fsp3) is 0.706. The Morgan fingerprint density at radius 1 is 0.938 bits per heavy atom. The fourth-order valence-corrected chi connectivity index (χ4v) is 3.34. The molecule has 0 aliphatic carbocycles. The molecule has 0 rings (SSSR count). The van der Waals surface area contributed by atoms with Crippen LogP contribution in [-0.4, -0.2) is 89.0 Å². The number of amides is 3. The number of nitrogens with one attached hydrogen (secondary N) is 3. The summed E-state index contributed by atoms with van der Waals surface area (Å²) in [6.07, 6.45) is 2.80. The molecular weight excluding hydrogens is 478 g/mol. The van der Waals surface area contributed by atoms with E-state index in [1.807, 2.05) is 6.26 Å². The van der Waals surface area contributed by atoms with Crippen LogP contribution in [0.1, 0.15) is 19.3 Å². The monoisotopic (exact) mass is 511 g/mol. The van der Waals surface area contributed by atoms with Crippen LogP contribution in [0.2, 0.25) is 0 Å². The first kappa shape index (κ1) is 30.2. The highest BCUT2D eigenvalue weighted by atomic mass is 32.2. The van der Waals surface area contributed by atoms with Crippen molar-refractivity contribution in [3.8, 4) is 0 Å². The Morgan fingerprint density at radius 3 is 1.88 bits per heavy atom. The Balaban J connectivity index is 4.85. The third-order valence-corrected chi connectivity index (χ3v) is 5.53. The predicted octanol–water partition coefficient (Wildman–Crippen LogP) is -2.48. The quantitative estimate of drug-likeness (QED) is 0.0463. The molecule has 0 aliphatic rings. The highest BCUT2D eigenvalue weighted by molar-refractivity contribution is 7.98. The zero-order chi connectivity index (χ0) is 24.7. The Hall–Kier alpha value is -1.84. The lowest BCUT2D eigenvalue weighted by molar-refractivity contribution is -0.142. The van der Waals surface area contributed by atoms with Crippen LogP contribution < -0.4 is 33.2 Å². The zero-order valence-electron chi connectivity index (χ0n) is 17.8. The number of carbonyl (C=O) groups is 4. The summed E-state index contributed by atoms with van der Waals surface area (Å²) in [6, 6.07) is -4.14. The molecule has 3 amide bonds. The number of aliphatic carboxylic acids is 1. The van der Waals surface area contributed by atoms with Gasteiger partial charge in [-0.3, -0.25) is 19.4 Å². The summed E-state index contributed by atoms with van der Waals surface area (Å²) < 4.78 is 0.